The summed E-state index contributed by atoms with van der Waals surface area (Å²) in [5.41, 5.74) is 4.07. The predicted molar refractivity (Wildman–Crippen MR) is 120 cm³/mol. The van der Waals surface area contributed by atoms with E-state index in [0.717, 1.165) is 23.5 Å². The monoisotopic (exact) mass is 502 g/mol. The van der Waals surface area contributed by atoms with Crippen LogP contribution in [-0.2, 0) is 17.5 Å². The second-order valence-corrected chi connectivity index (χ2v) is 7.71. The normalized spacial score (nSPS) is 11.2. The Balaban J connectivity index is 1.71. The summed E-state index contributed by atoms with van der Waals surface area (Å²) < 4.78 is 52.3. The lowest BCUT2D eigenvalue weighted by Gasteiger charge is -2.22. The first-order valence-corrected chi connectivity index (χ1v) is 10.4. The fraction of sp³-hybridized carbons (Fsp3) is 0.0870. The number of amides is 1. The molecule has 3 aromatic heterocycles. The molecule has 0 fully saturated rings. The highest BCUT2D eigenvalue weighted by Gasteiger charge is 2.32. The maximum atomic E-state index is 14.0. The highest BCUT2D eigenvalue weighted by Crippen LogP contribution is 2.36. The topological polar surface area (TPSA) is 83.9 Å². The van der Waals surface area contributed by atoms with E-state index in [1.807, 2.05) is 0 Å². The Hall–Kier alpha value is -4.12. The van der Waals surface area contributed by atoms with Crippen LogP contribution in [0.3, 0.4) is 0 Å². The van der Waals surface area contributed by atoms with Gasteiger partial charge in [-0.15, -0.1) is 5.10 Å². The number of rotatable bonds is 7. The predicted octanol–water partition coefficient (Wildman–Crippen LogP) is 5.40. The summed E-state index contributed by atoms with van der Waals surface area (Å²) in [4.78, 5) is 19.0. The van der Waals surface area contributed by atoms with Crippen molar-refractivity contribution in [1.29, 1.82) is 0 Å². The second-order valence-electron chi connectivity index (χ2n) is 7.28. The van der Waals surface area contributed by atoms with Gasteiger partial charge in [-0.05, 0) is 35.4 Å². The molecule has 0 saturated carbocycles. The van der Waals surface area contributed by atoms with Crippen LogP contribution in [0, 0.1) is 5.82 Å². The third kappa shape index (κ3) is 5.69. The van der Waals surface area contributed by atoms with E-state index >= 15 is 0 Å². The third-order valence-corrected chi connectivity index (χ3v) is 5.10. The SMILES string of the molecule is O=CN(Cc1ccc(C(F)(F)F)nc1)Nc1nncc(-c2ccc(Cl)cc2)c1-c1cncc(F)c1. The van der Waals surface area contributed by atoms with Crippen molar-refractivity contribution in [3.05, 3.63) is 89.3 Å². The molecule has 7 nitrogen and oxygen atoms in total. The highest BCUT2D eigenvalue weighted by atomic mass is 35.5. The van der Waals surface area contributed by atoms with Gasteiger partial charge in [0, 0.05) is 34.1 Å². The zero-order valence-electron chi connectivity index (χ0n) is 17.7. The van der Waals surface area contributed by atoms with E-state index < -0.39 is 17.7 Å². The van der Waals surface area contributed by atoms with Gasteiger partial charge < -0.3 is 0 Å². The number of hydrogen-bond donors (Lipinski definition) is 1. The number of alkyl halides is 3. The Bertz CT molecular complexity index is 1330. The maximum Gasteiger partial charge on any atom is 0.433 e. The van der Waals surface area contributed by atoms with Gasteiger partial charge in [0.1, 0.15) is 11.5 Å². The van der Waals surface area contributed by atoms with Gasteiger partial charge in [-0.1, -0.05) is 29.8 Å². The molecule has 0 saturated heterocycles. The number of halogens is 5. The molecule has 1 amide bonds. The van der Waals surface area contributed by atoms with Gasteiger partial charge in [-0.3, -0.25) is 25.2 Å². The lowest BCUT2D eigenvalue weighted by molar-refractivity contribution is -0.141. The number of nitrogens with one attached hydrogen (secondary N) is 1. The quantitative estimate of drug-likeness (QED) is 0.207. The summed E-state index contributed by atoms with van der Waals surface area (Å²) in [6, 6.07) is 10.1. The van der Waals surface area contributed by atoms with E-state index in [1.165, 1.54) is 24.5 Å². The number of pyridine rings is 2. The van der Waals surface area contributed by atoms with Crippen molar-refractivity contribution >= 4 is 23.8 Å². The van der Waals surface area contributed by atoms with E-state index in [1.54, 1.807) is 24.3 Å². The number of hydrogen-bond acceptors (Lipinski definition) is 6. The van der Waals surface area contributed by atoms with Crippen LogP contribution in [0.1, 0.15) is 11.3 Å². The Morgan fingerprint density at radius 1 is 1.00 bits per heavy atom. The van der Waals surface area contributed by atoms with E-state index in [9.17, 15) is 22.4 Å². The molecule has 0 spiro atoms. The van der Waals surface area contributed by atoms with Crippen LogP contribution in [0.5, 0.6) is 0 Å². The molecule has 4 rings (SSSR count). The molecule has 4 aromatic rings. The number of aromatic nitrogens is 4. The number of benzene rings is 1. The average Bonchev–Trinajstić information content (AvgIpc) is 2.84. The number of carbonyl (C=O) groups is 1. The molecule has 0 bridgehead atoms. The lowest BCUT2D eigenvalue weighted by atomic mass is 9.97. The molecule has 0 aliphatic rings. The first kappa shape index (κ1) is 24.0. The molecular formula is C23H15ClF4N6O. The smallest absolute Gasteiger partial charge is 0.277 e. The Kier molecular flexibility index (Phi) is 6.87. The number of anilines is 1. The second kappa shape index (κ2) is 10.0. The number of nitrogens with zero attached hydrogens (tertiary/aromatic N) is 5. The minimum atomic E-state index is -4.58. The fourth-order valence-electron chi connectivity index (χ4n) is 3.28. The van der Waals surface area contributed by atoms with Crippen LogP contribution in [0.25, 0.3) is 22.3 Å². The minimum Gasteiger partial charge on any atom is -0.277 e. The molecule has 178 valence electrons. The molecule has 1 aromatic carbocycles. The van der Waals surface area contributed by atoms with Crippen molar-refractivity contribution in [2.75, 3.05) is 5.43 Å². The van der Waals surface area contributed by atoms with Gasteiger partial charge in [0.25, 0.3) is 0 Å². The molecule has 3 heterocycles. The van der Waals surface area contributed by atoms with Gasteiger partial charge in [-0.25, -0.2) is 4.39 Å². The van der Waals surface area contributed by atoms with Gasteiger partial charge >= 0.3 is 6.18 Å². The fourth-order valence-corrected chi connectivity index (χ4v) is 3.40. The summed E-state index contributed by atoms with van der Waals surface area (Å²) >= 11 is 5.99. The largest absolute Gasteiger partial charge is 0.433 e. The van der Waals surface area contributed by atoms with Crippen LogP contribution >= 0.6 is 11.6 Å². The van der Waals surface area contributed by atoms with Crippen LogP contribution in [-0.4, -0.2) is 31.6 Å². The molecular weight excluding hydrogens is 488 g/mol. The summed E-state index contributed by atoms with van der Waals surface area (Å²) in [5.74, 6) is -0.493. The van der Waals surface area contributed by atoms with Crippen LogP contribution in [0.4, 0.5) is 23.4 Å². The number of hydrazine groups is 1. The molecule has 1 N–H and O–H groups in total. The van der Waals surface area contributed by atoms with Gasteiger partial charge in [0.15, 0.2) is 5.82 Å². The van der Waals surface area contributed by atoms with Crippen molar-refractivity contribution in [3.63, 3.8) is 0 Å². The summed E-state index contributed by atoms with van der Waals surface area (Å²) in [6.07, 6.45) is 0.820. The van der Waals surface area contributed by atoms with Crippen LogP contribution < -0.4 is 5.43 Å². The Morgan fingerprint density at radius 2 is 1.77 bits per heavy atom. The van der Waals surface area contributed by atoms with E-state index in [2.05, 4.69) is 25.6 Å². The lowest BCUT2D eigenvalue weighted by Crippen LogP contribution is -2.29. The van der Waals surface area contributed by atoms with E-state index in [-0.39, 0.29) is 12.4 Å². The Labute approximate surface area is 201 Å². The molecule has 12 heteroatoms. The molecule has 35 heavy (non-hydrogen) atoms. The maximum absolute atomic E-state index is 14.0. The van der Waals surface area contributed by atoms with Gasteiger partial charge in [0.05, 0.1) is 18.9 Å². The first-order chi connectivity index (χ1) is 16.7. The highest BCUT2D eigenvalue weighted by molar-refractivity contribution is 6.30. The summed E-state index contributed by atoms with van der Waals surface area (Å²) in [7, 11) is 0. The molecule has 0 unspecified atom stereocenters. The average molecular weight is 503 g/mol. The standard InChI is InChI=1S/C23H15ClF4N6O/c24-17-4-2-15(3-5-17)19-11-31-32-22(21(19)16-7-18(25)10-29-9-16)33-34(13-35)12-14-1-6-20(30-8-14)23(26,27)28/h1-11,13H,12H2,(H,32,33). The van der Waals surface area contributed by atoms with Crippen LogP contribution in [0.2, 0.25) is 5.02 Å². The molecule has 0 radical (unpaired) electrons. The third-order valence-electron chi connectivity index (χ3n) is 4.84. The zero-order chi connectivity index (χ0) is 25.0. The van der Waals surface area contributed by atoms with Gasteiger partial charge in [-0.2, -0.15) is 18.3 Å². The summed E-state index contributed by atoms with van der Waals surface area (Å²) in [6.45, 7) is -0.137. The molecule has 0 atom stereocenters. The zero-order valence-corrected chi connectivity index (χ0v) is 18.4. The van der Waals surface area contributed by atoms with Crippen molar-refractivity contribution in [2.24, 2.45) is 0 Å². The molecule has 0 aliphatic heterocycles. The minimum absolute atomic E-state index is 0.0943. The van der Waals surface area contributed by atoms with E-state index in [0.29, 0.717) is 39.2 Å². The van der Waals surface area contributed by atoms with Crippen LogP contribution in [0.15, 0.2) is 67.3 Å². The Morgan fingerprint density at radius 3 is 2.40 bits per heavy atom. The van der Waals surface area contributed by atoms with Crippen molar-refractivity contribution < 1.29 is 22.4 Å². The van der Waals surface area contributed by atoms with Crippen molar-refractivity contribution in [1.82, 2.24) is 25.2 Å². The van der Waals surface area contributed by atoms with E-state index in [4.69, 9.17) is 11.6 Å². The van der Waals surface area contributed by atoms with Crippen molar-refractivity contribution in [2.45, 2.75) is 12.7 Å². The van der Waals surface area contributed by atoms with Gasteiger partial charge in [0.2, 0.25) is 6.41 Å². The first-order valence-electron chi connectivity index (χ1n) is 9.98. The molecule has 0 aliphatic carbocycles. The number of carbonyl (C=O) groups excluding carboxylic acids is 1. The summed E-state index contributed by atoms with van der Waals surface area (Å²) in [5, 5.41) is 9.61. The van der Waals surface area contributed by atoms with Crippen molar-refractivity contribution in [3.8, 4) is 22.3 Å².